The van der Waals surface area contributed by atoms with Gasteiger partial charge in [0.2, 0.25) is 0 Å². The highest BCUT2D eigenvalue weighted by Crippen LogP contribution is 2.25. The molecule has 0 bridgehead atoms. The van der Waals surface area contributed by atoms with E-state index in [-0.39, 0.29) is 0 Å². The number of nitrogen functional groups attached to an aromatic ring is 1. The summed E-state index contributed by atoms with van der Waals surface area (Å²) in [4.78, 5) is 0.474. The maximum Gasteiger partial charge on any atom is 0.186 e. The second-order valence-electron chi connectivity index (χ2n) is 4.61. The Morgan fingerprint density at radius 3 is 1.89 bits per heavy atom. The minimum atomic E-state index is -1.92. The maximum absolute atomic E-state index is 11.2. The molecule has 102 valence electrons. The van der Waals surface area contributed by atoms with E-state index in [9.17, 15) is 8.76 Å². The third-order valence-corrected chi connectivity index (χ3v) is 3.76. The number of nitrogens with two attached hydrogens (primary N) is 1. The first-order valence-electron chi connectivity index (χ1n) is 6.62. The van der Waals surface area contributed by atoms with Crippen molar-refractivity contribution < 1.29 is 8.76 Å². The molecule has 1 aromatic carbocycles. The van der Waals surface area contributed by atoms with Crippen LogP contribution in [0.2, 0.25) is 0 Å². The van der Waals surface area contributed by atoms with Crippen molar-refractivity contribution in [3.63, 3.8) is 0 Å². The van der Waals surface area contributed by atoms with Gasteiger partial charge in [0, 0.05) is 5.69 Å². The summed E-state index contributed by atoms with van der Waals surface area (Å²) in [6.07, 6.45) is 6.06. The highest BCUT2D eigenvalue weighted by molar-refractivity contribution is 7.79. The monoisotopic (exact) mass is 269 g/mol. The predicted molar refractivity (Wildman–Crippen MR) is 77.1 cm³/mol. The fourth-order valence-corrected chi connectivity index (χ4v) is 2.48. The van der Waals surface area contributed by atoms with Crippen LogP contribution in [0.4, 0.5) is 5.69 Å². The normalized spacial score (nSPS) is 12.6. The van der Waals surface area contributed by atoms with Crippen molar-refractivity contribution in [2.24, 2.45) is 0 Å². The molecule has 0 saturated heterocycles. The van der Waals surface area contributed by atoms with Gasteiger partial charge in [-0.25, -0.2) is 4.21 Å². The first kappa shape index (κ1) is 15.2. The molecule has 0 heterocycles. The van der Waals surface area contributed by atoms with Gasteiger partial charge in [-0.15, -0.1) is 0 Å². The van der Waals surface area contributed by atoms with E-state index in [2.05, 4.69) is 13.8 Å². The molecule has 3 N–H and O–H groups in total. The minimum absolute atomic E-state index is 0.474. The molecule has 0 aliphatic heterocycles. The van der Waals surface area contributed by atoms with Gasteiger partial charge in [-0.05, 0) is 48.9 Å². The lowest BCUT2D eigenvalue weighted by molar-refractivity contribution is 0.564. The number of hydrogen-bond acceptors (Lipinski definition) is 2. The van der Waals surface area contributed by atoms with E-state index in [1.54, 1.807) is 12.1 Å². The van der Waals surface area contributed by atoms with Crippen LogP contribution in [-0.4, -0.2) is 8.76 Å². The van der Waals surface area contributed by atoms with Gasteiger partial charge in [0.25, 0.3) is 0 Å². The summed E-state index contributed by atoms with van der Waals surface area (Å²) < 4.78 is 20.5. The van der Waals surface area contributed by atoms with Gasteiger partial charge in [-0.2, -0.15) is 0 Å². The van der Waals surface area contributed by atoms with Crippen LogP contribution in [0.3, 0.4) is 0 Å². The van der Waals surface area contributed by atoms with Gasteiger partial charge in [-0.3, -0.25) is 0 Å². The number of unbranched alkanes of at least 4 members (excludes halogenated alkanes) is 2. The maximum atomic E-state index is 11.2. The lowest BCUT2D eigenvalue weighted by Gasteiger charge is -2.12. The predicted octanol–water partition coefficient (Wildman–Crippen LogP) is 3.53. The molecule has 1 unspecified atom stereocenters. The van der Waals surface area contributed by atoms with Crippen molar-refractivity contribution in [1.82, 2.24) is 0 Å². The number of benzene rings is 1. The van der Waals surface area contributed by atoms with Gasteiger partial charge in [-0.1, -0.05) is 26.7 Å². The summed E-state index contributed by atoms with van der Waals surface area (Å²) >= 11 is -1.92. The van der Waals surface area contributed by atoms with Crippen molar-refractivity contribution in [1.29, 1.82) is 0 Å². The average Bonchev–Trinajstić information content (AvgIpc) is 2.35. The highest BCUT2D eigenvalue weighted by Gasteiger charge is 2.10. The Balaban J connectivity index is 3.07. The quantitative estimate of drug-likeness (QED) is 0.588. The van der Waals surface area contributed by atoms with E-state index < -0.39 is 11.1 Å². The molecular formula is C14H23NO2S. The highest BCUT2D eigenvalue weighted by atomic mass is 32.2. The van der Waals surface area contributed by atoms with Crippen LogP contribution in [0.5, 0.6) is 0 Å². The number of hydrogen-bond donors (Lipinski definition) is 2. The number of aryl methyl sites for hydroxylation is 2. The molecule has 1 atom stereocenters. The lowest BCUT2D eigenvalue weighted by Crippen LogP contribution is -2.03. The third kappa shape index (κ3) is 4.10. The molecule has 0 radical (unpaired) electrons. The first-order valence-corrected chi connectivity index (χ1v) is 7.72. The molecule has 0 aliphatic rings. The third-order valence-electron chi connectivity index (χ3n) is 3.13. The zero-order chi connectivity index (χ0) is 13.5. The summed E-state index contributed by atoms with van der Waals surface area (Å²) in [5.41, 5.74) is 9.00. The summed E-state index contributed by atoms with van der Waals surface area (Å²) in [5, 5.41) is 0. The SMILES string of the molecule is CCCCc1cc(S(=O)O)cc(CCCC)c1N. The molecular weight excluding hydrogens is 246 g/mol. The Labute approximate surface area is 112 Å². The molecule has 1 aromatic rings. The van der Waals surface area contributed by atoms with Gasteiger partial charge in [0.05, 0.1) is 4.90 Å². The molecule has 1 rings (SSSR count). The minimum Gasteiger partial charge on any atom is -0.398 e. The van der Waals surface area contributed by atoms with Crippen LogP contribution in [0.1, 0.15) is 50.7 Å². The van der Waals surface area contributed by atoms with Crippen molar-refractivity contribution in [3.05, 3.63) is 23.3 Å². The Kier molecular flexibility index (Phi) is 6.36. The second-order valence-corrected chi connectivity index (χ2v) is 5.58. The summed E-state index contributed by atoms with van der Waals surface area (Å²) in [7, 11) is 0. The molecule has 4 heteroatoms. The molecule has 0 amide bonds. The molecule has 0 fully saturated rings. The van der Waals surface area contributed by atoms with Crippen molar-refractivity contribution >= 4 is 16.8 Å². The van der Waals surface area contributed by atoms with E-state index in [1.165, 1.54) is 0 Å². The van der Waals surface area contributed by atoms with E-state index >= 15 is 0 Å². The second kappa shape index (κ2) is 7.54. The number of rotatable bonds is 7. The van der Waals surface area contributed by atoms with E-state index in [0.717, 1.165) is 55.3 Å². The molecule has 3 nitrogen and oxygen atoms in total. The standard InChI is InChI=1S/C14H23NO2S/c1-3-5-7-11-9-13(18(16)17)10-12(14(11)15)8-6-4-2/h9-10H,3-8,15H2,1-2H3,(H,16,17). The van der Waals surface area contributed by atoms with Crippen LogP contribution in [-0.2, 0) is 23.9 Å². The zero-order valence-corrected chi connectivity index (χ0v) is 12.1. The Morgan fingerprint density at radius 1 is 1.11 bits per heavy atom. The van der Waals surface area contributed by atoms with Crippen LogP contribution in [0.25, 0.3) is 0 Å². The van der Waals surface area contributed by atoms with Crippen LogP contribution in [0.15, 0.2) is 17.0 Å². The molecule has 0 aliphatic carbocycles. The Morgan fingerprint density at radius 2 is 1.56 bits per heavy atom. The van der Waals surface area contributed by atoms with Crippen LogP contribution in [0, 0.1) is 0 Å². The van der Waals surface area contributed by atoms with E-state index in [0.29, 0.717) is 4.90 Å². The van der Waals surface area contributed by atoms with E-state index in [1.807, 2.05) is 0 Å². The Hall–Kier alpha value is -0.870. The van der Waals surface area contributed by atoms with Gasteiger partial charge in [0.15, 0.2) is 11.1 Å². The van der Waals surface area contributed by atoms with Gasteiger partial charge < -0.3 is 10.3 Å². The summed E-state index contributed by atoms with van der Waals surface area (Å²) in [6, 6.07) is 3.55. The fourth-order valence-electron chi connectivity index (χ4n) is 2.00. The smallest absolute Gasteiger partial charge is 0.186 e. The van der Waals surface area contributed by atoms with Crippen LogP contribution >= 0.6 is 0 Å². The van der Waals surface area contributed by atoms with Crippen molar-refractivity contribution in [3.8, 4) is 0 Å². The molecule has 0 aromatic heterocycles. The summed E-state index contributed by atoms with van der Waals surface area (Å²) in [5.74, 6) is 0. The van der Waals surface area contributed by atoms with Gasteiger partial charge in [0.1, 0.15) is 0 Å². The van der Waals surface area contributed by atoms with Crippen molar-refractivity contribution in [2.45, 2.75) is 57.3 Å². The molecule has 0 spiro atoms. The van der Waals surface area contributed by atoms with Gasteiger partial charge >= 0.3 is 0 Å². The lowest BCUT2D eigenvalue weighted by atomic mass is 9.99. The first-order chi connectivity index (χ1) is 8.60. The molecule has 18 heavy (non-hydrogen) atoms. The van der Waals surface area contributed by atoms with E-state index in [4.69, 9.17) is 5.73 Å². The van der Waals surface area contributed by atoms with Crippen LogP contribution < -0.4 is 5.73 Å². The zero-order valence-electron chi connectivity index (χ0n) is 11.2. The Bertz CT molecular complexity index is 389. The number of anilines is 1. The molecule has 0 saturated carbocycles. The largest absolute Gasteiger partial charge is 0.398 e. The summed E-state index contributed by atoms with van der Waals surface area (Å²) in [6.45, 7) is 4.25. The average molecular weight is 269 g/mol. The topological polar surface area (TPSA) is 63.3 Å². The van der Waals surface area contributed by atoms with Crippen molar-refractivity contribution in [2.75, 3.05) is 5.73 Å². The fraction of sp³-hybridized carbons (Fsp3) is 0.571.